The Labute approximate surface area is 107 Å². The summed E-state index contributed by atoms with van der Waals surface area (Å²) in [5.74, 6) is 1.27. The van der Waals surface area contributed by atoms with Crippen LogP contribution in [0.25, 0.3) is 0 Å². The van der Waals surface area contributed by atoms with Crippen molar-refractivity contribution in [1.29, 1.82) is 0 Å². The molecule has 18 heavy (non-hydrogen) atoms. The maximum absolute atomic E-state index is 12.2. The molecule has 2 aliphatic carbocycles. The molecular formula is C12H19N3O2S. The summed E-state index contributed by atoms with van der Waals surface area (Å²) in [6, 6.07) is 1.74. The van der Waals surface area contributed by atoms with Crippen LogP contribution < -0.4 is 10.5 Å². The lowest BCUT2D eigenvalue weighted by Gasteiger charge is -2.22. The lowest BCUT2D eigenvalue weighted by atomic mass is 9.96. The van der Waals surface area contributed by atoms with Gasteiger partial charge in [0.2, 0.25) is 10.0 Å². The first-order chi connectivity index (χ1) is 8.58. The van der Waals surface area contributed by atoms with Crippen molar-refractivity contribution in [3.8, 4) is 0 Å². The minimum Gasteiger partial charge on any atom is -0.363 e. The van der Waals surface area contributed by atoms with Gasteiger partial charge in [-0.15, -0.1) is 0 Å². The molecule has 0 aliphatic heterocycles. The zero-order valence-electron chi connectivity index (χ0n) is 10.2. The summed E-state index contributed by atoms with van der Waals surface area (Å²) in [5, 5.41) is 0. The van der Waals surface area contributed by atoms with Crippen LogP contribution in [0, 0.1) is 11.8 Å². The molecule has 1 aromatic rings. The molecule has 100 valence electrons. The fraction of sp³-hybridized carbons (Fsp3) is 0.667. The van der Waals surface area contributed by atoms with Gasteiger partial charge in [0.1, 0.15) is 0 Å². The zero-order chi connectivity index (χ0) is 12.8. The molecule has 0 amide bonds. The lowest BCUT2D eigenvalue weighted by molar-refractivity contribution is 0.390. The Morgan fingerprint density at radius 2 is 2.22 bits per heavy atom. The normalized spacial score (nSPS) is 31.1. The molecule has 2 bridgehead atoms. The van der Waals surface area contributed by atoms with Crippen molar-refractivity contribution in [2.24, 2.45) is 17.6 Å². The van der Waals surface area contributed by atoms with Crippen LogP contribution in [0.4, 0.5) is 0 Å². The molecule has 0 saturated heterocycles. The maximum Gasteiger partial charge on any atom is 0.242 e. The third-order valence-electron chi connectivity index (χ3n) is 4.29. The molecule has 5 nitrogen and oxygen atoms in total. The number of fused-ring (bicyclic) bond motifs is 2. The molecule has 1 aromatic heterocycles. The molecule has 0 aromatic carbocycles. The summed E-state index contributed by atoms with van der Waals surface area (Å²) < 4.78 is 27.3. The second kappa shape index (κ2) is 4.36. The van der Waals surface area contributed by atoms with Gasteiger partial charge in [-0.25, -0.2) is 13.1 Å². The van der Waals surface area contributed by atoms with E-state index < -0.39 is 10.0 Å². The van der Waals surface area contributed by atoms with E-state index in [1.807, 2.05) is 0 Å². The quantitative estimate of drug-likeness (QED) is 0.760. The van der Waals surface area contributed by atoms with Gasteiger partial charge in [-0.3, -0.25) is 0 Å². The van der Waals surface area contributed by atoms with Gasteiger partial charge in [-0.2, -0.15) is 0 Å². The van der Waals surface area contributed by atoms with Crippen molar-refractivity contribution in [1.82, 2.24) is 9.71 Å². The Balaban J connectivity index is 1.75. The van der Waals surface area contributed by atoms with E-state index in [1.54, 1.807) is 6.07 Å². The second-order valence-electron chi connectivity index (χ2n) is 5.47. The van der Waals surface area contributed by atoms with E-state index in [0.29, 0.717) is 17.4 Å². The standard InChI is InChI=1S/C12H19N3O2S/c13-6-10-5-11(7-14-10)18(16,17)15-12-4-8-1-2-9(12)3-8/h5,7-9,12,14-15H,1-4,6,13H2. The Bertz CT molecular complexity index is 537. The van der Waals surface area contributed by atoms with Crippen LogP contribution in [0.5, 0.6) is 0 Å². The van der Waals surface area contributed by atoms with Gasteiger partial charge in [-0.1, -0.05) is 6.42 Å². The van der Waals surface area contributed by atoms with E-state index in [0.717, 1.165) is 18.0 Å². The van der Waals surface area contributed by atoms with E-state index in [1.165, 1.54) is 25.5 Å². The molecule has 2 aliphatic rings. The minimum atomic E-state index is -3.39. The molecule has 3 unspecified atom stereocenters. The summed E-state index contributed by atoms with van der Waals surface area (Å²) in [6.45, 7) is 0.323. The van der Waals surface area contributed by atoms with Crippen LogP contribution in [-0.2, 0) is 16.6 Å². The lowest BCUT2D eigenvalue weighted by Crippen LogP contribution is -2.38. The van der Waals surface area contributed by atoms with Crippen molar-refractivity contribution in [3.05, 3.63) is 18.0 Å². The smallest absolute Gasteiger partial charge is 0.242 e. The SMILES string of the molecule is NCc1cc(S(=O)(=O)NC2CC3CCC2C3)c[nH]1. The Hall–Kier alpha value is -0.850. The number of nitrogens with two attached hydrogens (primary N) is 1. The molecule has 2 fully saturated rings. The molecule has 0 spiro atoms. The molecule has 3 atom stereocenters. The van der Waals surface area contributed by atoms with E-state index in [9.17, 15) is 8.42 Å². The first kappa shape index (κ1) is 12.2. The average molecular weight is 269 g/mol. The summed E-state index contributed by atoms with van der Waals surface area (Å²) in [4.78, 5) is 3.17. The third-order valence-corrected chi connectivity index (χ3v) is 5.76. The van der Waals surface area contributed by atoms with Crippen LogP contribution >= 0.6 is 0 Å². The second-order valence-corrected chi connectivity index (χ2v) is 7.18. The fourth-order valence-corrected chi connectivity index (χ4v) is 4.68. The van der Waals surface area contributed by atoms with Crippen LogP contribution in [0.1, 0.15) is 31.4 Å². The monoisotopic (exact) mass is 269 g/mol. The molecule has 4 N–H and O–H groups in total. The maximum atomic E-state index is 12.2. The van der Waals surface area contributed by atoms with E-state index >= 15 is 0 Å². The van der Waals surface area contributed by atoms with Gasteiger partial charge < -0.3 is 10.7 Å². The van der Waals surface area contributed by atoms with Crippen molar-refractivity contribution in [2.75, 3.05) is 0 Å². The van der Waals surface area contributed by atoms with Crippen molar-refractivity contribution in [2.45, 2.75) is 43.2 Å². The topological polar surface area (TPSA) is 88.0 Å². The average Bonchev–Trinajstić information content (AvgIpc) is 3.04. The van der Waals surface area contributed by atoms with Crippen LogP contribution in [0.3, 0.4) is 0 Å². The molecule has 3 rings (SSSR count). The molecule has 6 heteroatoms. The highest BCUT2D eigenvalue weighted by molar-refractivity contribution is 7.89. The number of sulfonamides is 1. The Kier molecular flexibility index (Phi) is 2.96. The van der Waals surface area contributed by atoms with Crippen molar-refractivity contribution in [3.63, 3.8) is 0 Å². The first-order valence-electron chi connectivity index (χ1n) is 6.48. The highest BCUT2D eigenvalue weighted by atomic mass is 32.2. The number of rotatable bonds is 4. The molecular weight excluding hydrogens is 250 g/mol. The molecule has 0 radical (unpaired) electrons. The summed E-state index contributed by atoms with van der Waals surface area (Å²) in [6.07, 6.45) is 6.13. The summed E-state index contributed by atoms with van der Waals surface area (Å²) >= 11 is 0. The van der Waals surface area contributed by atoms with Gasteiger partial charge in [0.25, 0.3) is 0 Å². The van der Waals surface area contributed by atoms with Crippen LogP contribution in [0.15, 0.2) is 17.2 Å². The number of hydrogen-bond donors (Lipinski definition) is 3. The number of nitrogens with one attached hydrogen (secondary N) is 2. The Morgan fingerprint density at radius 3 is 2.78 bits per heavy atom. The van der Waals surface area contributed by atoms with E-state index in [2.05, 4.69) is 9.71 Å². The van der Waals surface area contributed by atoms with E-state index in [-0.39, 0.29) is 6.04 Å². The van der Waals surface area contributed by atoms with Crippen molar-refractivity contribution >= 4 is 10.0 Å². The Morgan fingerprint density at radius 1 is 1.39 bits per heavy atom. The van der Waals surface area contributed by atoms with Gasteiger partial charge in [-0.05, 0) is 37.2 Å². The first-order valence-corrected chi connectivity index (χ1v) is 7.96. The molecule has 1 heterocycles. The number of hydrogen-bond acceptors (Lipinski definition) is 3. The van der Waals surface area contributed by atoms with Gasteiger partial charge in [0.05, 0.1) is 4.90 Å². The van der Waals surface area contributed by atoms with Crippen molar-refractivity contribution < 1.29 is 8.42 Å². The summed E-state index contributed by atoms with van der Waals surface area (Å²) in [5.41, 5.74) is 6.21. The predicted molar refractivity (Wildman–Crippen MR) is 68.2 cm³/mol. The zero-order valence-corrected chi connectivity index (χ0v) is 11.0. The third kappa shape index (κ3) is 2.08. The summed E-state index contributed by atoms with van der Waals surface area (Å²) in [7, 11) is -3.39. The van der Waals surface area contributed by atoms with Gasteiger partial charge in [0, 0.05) is 24.5 Å². The minimum absolute atomic E-state index is 0.130. The van der Waals surface area contributed by atoms with Crippen LogP contribution in [-0.4, -0.2) is 19.4 Å². The number of H-pyrrole nitrogens is 1. The molecule has 2 saturated carbocycles. The highest BCUT2D eigenvalue weighted by Gasteiger charge is 2.41. The van der Waals surface area contributed by atoms with Gasteiger partial charge in [0.15, 0.2) is 0 Å². The largest absolute Gasteiger partial charge is 0.363 e. The van der Waals surface area contributed by atoms with Gasteiger partial charge >= 0.3 is 0 Å². The highest BCUT2D eigenvalue weighted by Crippen LogP contribution is 2.44. The number of aromatic nitrogens is 1. The fourth-order valence-electron chi connectivity index (χ4n) is 3.35. The number of aromatic amines is 1. The van der Waals surface area contributed by atoms with Crippen LogP contribution in [0.2, 0.25) is 0 Å². The van der Waals surface area contributed by atoms with E-state index in [4.69, 9.17) is 5.73 Å². The predicted octanol–water partition coefficient (Wildman–Crippen LogP) is 0.940.